The molecule has 0 aromatic heterocycles. The van der Waals surface area contributed by atoms with Crippen LogP contribution in [0.25, 0.3) is 0 Å². The maximum atomic E-state index is 12.4. The second kappa shape index (κ2) is 9.20. The molecule has 3 rings (SSSR count). The van der Waals surface area contributed by atoms with Crippen molar-refractivity contribution < 1.29 is 9.53 Å². The normalized spacial score (nSPS) is 24.4. The van der Waals surface area contributed by atoms with E-state index >= 15 is 0 Å². The van der Waals surface area contributed by atoms with E-state index in [0.717, 1.165) is 39.2 Å². The number of hydrogen-bond acceptors (Lipinski definition) is 3. The number of likely N-dealkylation sites (tertiary alicyclic amines) is 2. The summed E-state index contributed by atoms with van der Waals surface area (Å²) in [5.74, 6) is 1.05. The number of nitrogens with zero attached hydrogens (tertiary/aromatic N) is 2. The van der Waals surface area contributed by atoms with E-state index in [4.69, 9.17) is 4.74 Å². The molecule has 5 heteroatoms. The first-order chi connectivity index (χ1) is 12.2. The molecule has 0 unspecified atom stereocenters. The molecule has 25 heavy (non-hydrogen) atoms. The highest BCUT2D eigenvalue weighted by Gasteiger charge is 2.27. The Bertz CT molecular complexity index is 537. The van der Waals surface area contributed by atoms with Crippen molar-refractivity contribution in [2.75, 3.05) is 46.4 Å². The number of amides is 2. The third kappa shape index (κ3) is 5.72. The summed E-state index contributed by atoms with van der Waals surface area (Å²) in [5, 5.41) is 3.14. The minimum absolute atomic E-state index is 0.0961. The molecule has 2 amide bonds. The Morgan fingerprint density at radius 3 is 2.80 bits per heavy atom. The second-order valence-electron chi connectivity index (χ2n) is 7.56. The lowest BCUT2D eigenvalue weighted by Crippen LogP contribution is -2.44. The predicted octanol–water partition coefficient (Wildman–Crippen LogP) is 2.58. The average molecular weight is 345 g/mol. The highest BCUT2D eigenvalue weighted by atomic mass is 16.5. The summed E-state index contributed by atoms with van der Waals surface area (Å²) in [7, 11) is 2.16. The van der Waals surface area contributed by atoms with Gasteiger partial charge in [-0.2, -0.15) is 0 Å². The lowest BCUT2D eigenvalue weighted by molar-refractivity contribution is 0.0896. The van der Waals surface area contributed by atoms with Gasteiger partial charge in [0.2, 0.25) is 0 Å². The van der Waals surface area contributed by atoms with Crippen molar-refractivity contribution in [2.45, 2.75) is 25.9 Å². The van der Waals surface area contributed by atoms with Crippen LogP contribution < -0.4 is 5.32 Å². The van der Waals surface area contributed by atoms with Crippen molar-refractivity contribution in [1.82, 2.24) is 15.1 Å². The zero-order valence-corrected chi connectivity index (χ0v) is 15.3. The third-order valence-electron chi connectivity index (χ3n) is 5.30. The van der Waals surface area contributed by atoms with E-state index in [9.17, 15) is 4.79 Å². The summed E-state index contributed by atoms with van der Waals surface area (Å²) >= 11 is 0. The predicted molar refractivity (Wildman–Crippen MR) is 99.4 cm³/mol. The number of carbonyl (C=O) groups is 1. The van der Waals surface area contributed by atoms with Crippen LogP contribution in [0.3, 0.4) is 0 Å². The van der Waals surface area contributed by atoms with Crippen molar-refractivity contribution in [1.29, 1.82) is 0 Å². The van der Waals surface area contributed by atoms with Gasteiger partial charge < -0.3 is 19.9 Å². The first kappa shape index (κ1) is 18.2. The monoisotopic (exact) mass is 345 g/mol. The molecule has 0 radical (unpaired) electrons. The zero-order valence-electron chi connectivity index (χ0n) is 15.3. The lowest BCUT2D eigenvalue weighted by Gasteiger charge is -2.30. The summed E-state index contributed by atoms with van der Waals surface area (Å²) in [5.41, 5.74) is 1.20. The number of benzene rings is 1. The Labute approximate surface area is 151 Å². The molecule has 0 bridgehead atoms. The van der Waals surface area contributed by atoms with Gasteiger partial charge in [0.25, 0.3) is 0 Å². The molecule has 2 fully saturated rings. The van der Waals surface area contributed by atoms with Crippen LogP contribution in [0.4, 0.5) is 4.79 Å². The van der Waals surface area contributed by atoms with E-state index in [1.165, 1.54) is 24.9 Å². The maximum absolute atomic E-state index is 12.4. The first-order valence-electron chi connectivity index (χ1n) is 9.53. The molecule has 2 aliphatic heterocycles. The first-order valence-corrected chi connectivity index (χ1v) is 9.53. The van der Waals surface area contributed by atoms with Gasteiger partial charge in [0, 0.05) is 32.1 Å². The van der Waals surface area contributed by atoms with Gasteiger partial charge in [0.05, 0.1) is 13.2 Å². The highest BCUT2D eigenvalue weighted by molar-refractivity contribution is 5.74. The fraction of sp³-hybridized carbons (Fsp3) is 0.650. The molecule has 0 aliphatic carbocycles. The van der Waals surface area contributed by atoms with E-state index in [1.807, 2.05) is 23.1 Å². The Morgan fingerprint density at radius 2 is 2.00 bits per heavy atom. The largest absolute Gasteiger partial charge is 0.376 e. The van der Waals surface area contributed by atoms with E-state index in [1.54, 1.807) is 0 Å². The van der Waals surface area contributed by atoms with Crippen LogP contribution in [0.1, 0.15) is 24.8 Å². The molecular weight excluding hydrogens is 314 g/mol. The summed E-state index contributed by atoms with van der Waals surface area (Å²) in [4.78, 5) is 16.7. The molecule has 2 aliphatic rings. The summed E-state index contributed by atoms with van der Waals surface area (Å²) in [6.45, 7) is 6.11. The molecule has 2 heterocycles. The van der Waals surface area contributed by atoms with Crippen LogP contribution in [0, 0.1) is 11.8 Å². The minimum Gasteiger partial charge on any atom is -0.376 e. The van der Waals surface area contributed by atoms with Gasteiger partial charge in [-0.05, 0) is 44.3 Å². The quantitative estimate of drug-likeness (QED) is 0.862. The van der Waals surface area contributed by atoms with Crippen molar-refractivity contribution in [3.63, 3.8) is 0 Å². The number of rotatable bonds is 6. The van der Waals surface area contributed by atoms with E-state index in [2.05, 4.69) is 29.4 Å². The Hall–Kier alpha value is -1.59. The van der Waals surface area contributed by atoms with Gasteiger partial charge in [0.15, 0.2) is 0 Å². The van der Waals surface area contributed by atoms with Gasteiger partial charge in [-0.15, -0.1) is 0 Å². The number of piperidine rings is 1. The number of ether oxygens (including phenoxy) is 1. The van der Waals surface area contributed by atoms with Gasteiger partial charge in [-0.1, -0.05) is 30.3 Å². The Morgan fingerprint density at radius 1 is 1.16 bits per heavy atom. The van der Waals surface area contributed by atoms with Gasteiger partial charge in [0.1, 0.15) is 0 Å². The highest BCUT2D eigenvalue weighted by Crippen LogP contribution is 2.18. The number of hydrogen-bond donors (Lipinski definition) is 1. The fourth-order valence-corrected chi connectivity index (χ4v) is 3.85. The van der Waals surface area contributed by atoms with E-state index < -0.39 is 0 Å². The average Bonchev–Trinajstić information content (AvgIpc) is 3.10. The fourth-order valence-electron chi connectivity index (χ4n) is 3.85. The topological polar surface area (TPSA) is 44.8 Å². The van der Waals surface area contributed by atoms with Crippen molar-refractivity contribution in [3.05, 3.63) is 35.9 Å². The minimum atomic E-state index is 0.0961. The lowest BCUT2D eigenvalue weighted by atomic mass is 9.99. The summed E-state index contributed by atoms with van der Waals surface area (Å²) in [6, 6.07) is 10.3. The number of carbonyl (C=O) groups excluding carboxylic acids is 1. The molecule has 1 aromatic rings. The molecule has 5 nitrogen and oxygen atoms in total. The van der Waals surface area contributed by atoms with Crippen LogP contribution in [-0.4, -0.2) is 62.2 Å². The summed E-state index contributed by atoms with van der Waals surface area (Å²) in [6.07, 6.45) is 3.50. The van der Waals surface area contributed by atoms with Crippen LogP contribution in [0.5, 0.6) is 0 Å². The van der Waals surface area contributed by atoms with Crippen LogP contribution >= 0.6 is 0 Å². The number of urea groups is 1. The molecule has 0 spiro atoms. The summed E-state index contributed by atoms with van der Waals surface area (Å²) < 4.78 is 5.83. The van der Waals surface area contributed by atoms with Gasteiger partial charge in [-0.3, -0.25) is 0 Å². The molecule has 0 saturated carbocycles. The molecule has 138 valence electrons. The zero-order chi connectivity index (χ0) is 17.5. The Balaban J connectivity index is 1.32. The molecule has 2 saturated heterocycles. The van der Waals surface area contributed by atoms with Crippen molar-refractivity contribution in [2.24, 2.45) is 11.8 Å². The van der Waals surface area contributed by atoms with Crippen LogP contribution in [-0.2, 0) is 11.3 Å². The van der Waals surface area contributed by atoms with Crippen LogP contribution in [0.2, 0.25) is 0 Å². The molecule has 1 N–H and O–H groups in total. The van der Waals surface area contributed by atoms with Crippen LogP contribution in [0.15, 0.2) is 30.3 Å². The molecule has 2 atom stereocenters. The number of nitrogens with one attached hydrogen (secondary N) is 1. The van der Waals surface area contributed by atoms with Gasteiger partial charge >= 0.3 is 6.03 Å². The molecular formula is C20H31N3O2. The second-order valence-corrected chi connectivity index (χ2v) is 7.56. The maximum Gasteiger partial charge on any atom is 0.317 e. The van der Waals surface area contributed by atoms with Crippen molar-refractivity contribution in [3.8, 4) is 0 Å². The van der Waals surface area contributed by atoms with E-state index in [0.29, 0.717) is 18.4 Å². The van der Waals surface area contributed by atoms with Crippen molar-refractivity contribution >= 4 is 6.03 Å². The SMILES string of the molecule is CN1CCC[C@@H](CNC(=O)N2CC[C@@H](COCc3ccccc3)C2)C1. The van der Waals surface area contributed by atoms with E-state index in [-0.39, 0.29) is 6.03 Å². The third-order valence-corrected chi connectivity index (χ3v) is 5.30. The smallest absolute Gasteiger partial charge is 0.317 e. The van der Waals surface area contributed by atoms with Gasteiger partial charge in [-0.25, -0.2) is 4.79 Å². The molecule has 1 aromatic carbocycles. The Kier molecular flexibility index (Phi) is 6.70. The standard InChI is InChI=1S/C20H31N3O2/c1-22-10-5-8-18(13-22)12-21-20(24)23-11-9-19(14-23)16-25-15-17-6-3-2-4-7-17/h2-4,6-7,18-19H,5,8-16H2,1H3,(H,21,24)/t18-,19+/m0/s1.